The van der Waals surface area contributed by atoms with Crippen molar-refractivity contribution in [3.8, 4) is 0 Å². The smallest absolute Gasteiger partial charge is 0.188 e. The normalized spacial score (nSPS) is 10.4. The Labute approximate surface area is 103 Å². The van der Waals surface area contributed by atoms with Gasteiger partial charge < -0.3 is 10.1 Å². The molecule has 0 fully saturated rings. The zero-order valence-electron chi connectivity index (χ0n) is 8.74. The lowest BCUT2D eigenvalue weighted by molar-refractivity contribution is 0.185. The van der Waals surface area contributed by atoms with E-state index >= 15 is 0 Å². The molecule has 1 aromatic heterocycles. The first-order valence-corrected chi connectivity index (χ1v) is 6.00. The number of ether oxygens (including phenoxy) is 1. The molecule has 84 valence electrons. The van der Waals surface area contributed by atoms with Crippen molar-refractivity contribution >= 4 is 33.8 Å². The summed E-state index contributed by atoms with van der Waals surface area (Å²) in [5.41, 5.74) is 2.09. The van der Waals surface area contributed by atoms with E-state index in [0.717, 1.165) is 16.4 Å². The minimum Gasteiger partial charge on any atom is -0.380 e. The van der Waals surface area contributed by atoms with Gasteiger partial charge in [-0.15, -0.1) is 11.3 Å². The largest absolute Gasteiger partial charge is 0.380 e. The Morgan fingerprint density at radius 3 is 2.94 bits per heavy atom. The van der Waals surface area contributed by atoms with Crippen molar-refractivity contribution in [2.24, 2.45) is 0 Å². The van der Waals surface area contributed by atoms with Crippen molar-refractivity contribution < 1.29 is 4.74 Å². The lowest BCUT2D eigenvalue weighted by atomic mass is 10.2. The molecule has 0 unspecified atom stereocenters. The minimum absolute atomic E-state index is 0.511. The average Bonchev–Trinajstić information content (AvgIpc) is 2.67. The number of aromatic nitrogens is 1. The number of para-hydroxylation sites is 1. The fourth-order valence-electron chi connectivity index (χ4n) is 1.35. The fraction of sp³-hybridized carbons (Fsp3) is 0.182. The van der Waals surface area contributed by atoms with Crippen LogP contribution in [-0.4, -0.2) is 12.1 Å². The molecule has 0 aliphatic rings. The van der Waals surface area contributed by atoms with Crippen LogP contribution < -0.4 is 5.32 Å². The molecule has 5 heteroatoms. The van der Waals surface area contributed by atoms with Gasteiger partial charge in [0.15, 0.2) is 5.13 Å². The van der Waals surface area contributed by atoms with Crippen molar-refractivity contribution in [3.63, 3.8) is 0 Å². The minimum atomic E-state index is 0.511. The van der Waals surface area contributed by atoms with Gasteiger partial charge in [0.1, 0.15) is 5.15 Å². The van der Waals surface area contributed by atoms with Gasteiger partial charge in [-0.3, -0.25) is 0 Å². The molecule has 0 atom stereocenters. The molecule has 0 spiro atoms. The highest BCUT2D eigenvalue weighted by Crippen LogP contribution is 2.25. The second-order valence-corrected chi connectivity index (χ2v) is 4.44. The molecule has 16 heavy (non-hydrogen) atoms. The number of hydrogen-bond donors (Lipinski definition) is 1. The zero-order valence-corrected chi connectivity index (χ0v) is 10.3. The monoisotopic (exact) mass is 254 g/mol. The molecule has 0 aliphatic carbocycles. The predicted molar refractivity (Wildman–Crippen MR) is 67.6 cm³/mol. The summed E-state index contributed by atoms with van der Waals surface area (Å²) in [6, 6.07) is 7.95. The number of methoxy groups -OCH3 is 1. The van der Waals surface area contributed by atoms with E-state index in [-0.39, 0.29) is 0 Å². The van der Waals surface area contributed by atoms with Crippen LogP contribution in [-0.2, 0) is 11.3 Å². The summed E-state index contributed by atoms with van der Waals surface area (Å²) in [6.07, 6.45) is 0. The quantitative estimate of drug-likeness (QED) is 0.904. The highest BCUT2D eigenvalue weighted by atomic mass is 35.5. The summed E-state index contributed by atoms with van der Waals surface area (Å²) in [6.45, 7) is 0.572. The van der Waals surface area contributed by atoms with Gasteiger partial charge in [-0.05, 0) is 6.07 Å². The second kappa shape index (κ2) is 5.30. The first-order valence-electron chi connectivity index (χ1n) is 4.74. The van der Waals surface area contributed by atoms with E-state index in [4.69, 9.17) is 16.3 Å². The van der Waals surface area contributed by atoms with Crippen LogP contribution in [0.15, 0.2) is 29.6 Å². The number of anilines is 2. The second-order valence-electron chi connectivity index (χ2n) is 3.19. The summed E-state index contributed by atoms with van der Waals surface area (Å²) < 4.78 is 5.13. The lowest BCUT2D eigenvalue weighted by Crippen LogP contribution is -1.96. The molecule has 1 heterocycles. The Morgan fingerprint density at radius 1 is 1.44 bits per heavy atom. The van der Waals surface area contributed by atoms with Crippen LogP contribution in [0.1, 0.15) is 5.56 Å². The van der Waals surface area contributed by atoms with Crippen LogP contribution >= 0.6 is 22.9 Å². The molecule has 0 aliphatic heterocycles. The molecule has 1 N–H and O–H groups in total. The van der Waals surface area contributed by atoms with Crippen molar-refractivity contribution in [2.45, 2.75) is 6.61 Å². The van der Waals surface area contributed by atoms with E-state index in [9.17, 15) is 0 Å². The highest BCUT2D eigenvalue weighted by molar-refractivity contribution is 7.14. The molecule has 2 rings (SSSR count). The number of rotatable bonds is 4. The maximum Gasteiger partial charge on any atom is 0.188 e. The van der Waals surface area contributed by atoms with Crippen molar-refractivity contribution in [3.05, 3.63) is 40.4 Å². The molecule has 3 nitrogen and oxygen atoms in total. The van der Waals surface area contributed by atoms with E-state index in [0.29, 0.717) is 11.8 Å². The Balaban J connectivity index is 2.20. The molecule has 1 aromatic carbocycles. The van der Waals surface area contributed by atoms with E-state index < -0.39 is 0 Å². The summed E-state index contributed by atoms with van der Waals surface area (Å²) in [5.74, 6) is 0. The molecular weight excluding hydrogens is 244 g/mol. The van der Waals surface area contributed by atoms with E-state index in [2.05, 4.69) is 10.3 Å². The van der Waals surface area contributed by atoms with Crippen LogP contribution in [0.3, 0.4) is 0 Å². The molecule has 0 bridgehead atoms. The highest BCUT2D eigenvalue weighted by Gasteiger charge is 2.04. The van der Waals surface area contributed by atoms with Gasteiger partial charge in [0.25, 0.3) is 0 Å². The maximum absolute atomic E-state index is 5.76. The van der Waals surface area contributed by atoms with Gasteiger partial charge in [0, 0.05) is 23.7 Å². The molecule has 0 saturated carbocycles. The van der Waals surface area contributed by atoms with Gasteiger partial charge in [-0.1, -0.05) is 29.8 Å². The Kier molecular flexibility index (Phi) is 3.77. The average molecular weight is 255 g/mol. The summed E-state index contributed by atoms with van der Waals surface area (Å²) in [7, 11) is 1.68. The fourth-order valence-corrected chi connectivity index (χ4v) is 2.20. The van der Waals surface area contributed by atoms with Crippen LogP contribution in [0.4, 0.5) is 10.8 Å². The third-order valence-electron chi connectivity index (χ3n) is 2.03. The topological polar surface area (TPSA) is 34.1 Å². The van der Waals surface area contributed by atoms with E-state index in [1.54, 1.807) is 12.5 Å². The number of halogens is 1. The molecule has 2 aromatic rings. The van der Waals surface area contributed by atoms with Gasteiger partial charge >= 0.3 is 0 Å². The number of thiazole rings is 1. The van der Waals surface area contributed by atoms with E-state index in [1.807, 2.05) is 24.3 Å². The van der Waals surface area contributed by atoms with Crippen LogP contribution in [0.25, 0.3) is 0 Å². The Morgan fingerprint density at radius 2 is 2.25 bits per heavy atom. The van der Waals surface area contributed by atoms with Gasteiger partial charge in [-0.25, -0.2) is 4.98 Å². The van der Waals surface area contributed by atoms with Crippen LogP contribution in [0.5, 0.6) is 0 Å². The third-order valence-corrected chi connectivity index (χ3v) is 3.12. The van der Waals surface area contributed by atoms with Gasteiger partial charge in [-0.2, -0.15) is 0 Å². The van der Waals surface area contributed by atoms with Gasteiger partial charge in [0.2, 0.25) is 0 Å². The molecular formula is C11H11ClN2OS. The molecule has 0 amide bonds. The first kappa shape index (κ1) is 11.4. The summed E-state index contributed by atoms with van der Waals surface area (Å²) >= 11 is 7.24. The van der Waals surface area contributed by atoms with Gasteiger partial charge in [0.05, 0.1) is 6.61 Å². The number of hydrogen-bond acceptors (Lipinski definition) is 4. The molecule has 0 saturated heterocycles. The SMILES string of the molecule is COCc1ccccc1Nc1nc(Cl)cs1. The maximum atomic E-state index is 5.76. The van der Waals surface area contributed by atoms with Crippen molar-refractivity contribution in [1.82, 2.24) is 4.98 Å². The summed E-state index contributed by atoms with van der Waals surface area (Å²) in [5, 5.41) is 6.31. The third kappa shape index (κ3) is 2.72. The number of nitrogens with one attached hydrogen (secondary N) is 1. The van der Waals surface area contributed by atoms with Crippen molar-refractivity contribution in [2.75, 3.05) is 12.4 Å². The molecule has 0 radical (unpaired) electrons. The zero-order chi connectivity index (χ0) is 11.4. The van der Waals surface area contributed by atoms with Crippen LogP contribution in [0, 0.1) is 0 Å². The van der Waals surface area contributed by atoms with Crippen molar-refractivity contribution in [1.29, 1.82) is 0 Å². The number of benzene rings is 1. The summed E-state index contributed by atoms with van der Waals surface area (Å²) in [4.78, 5) is 4.14. The van der Waals surface area contributed by atoms with Crippen LogP contribution in [0.2, 0.25) is 5.15 Å². The predicted octanol–water partition coefficient (Wildman–Crippen LogP) is 3.69. The Bertz CT molecular complexity index is 473. The standard InChI is InChI=1S/C11H11ClN2OS/c1-15-6-8-4-2-3-5-9(8)13-11-14-10(12)7-16-11/h2-5,7H,6H2,1H3,(H,13,14). The number of nitrogens with zero attached hydrogens (tertiary/aromatic N) is 1. The van der Waals surface area contributed by atoms with E-state index in [1.165, 1.54) is 11.3 Å². The first-order chi connectivity index (χ1) is 7.79. The Hall–Kier alpha value is -1.10. The lowest BCUT2D eigenvalue weighted by Gasteiger charge is -2.08.